The van der Waals surface area contributed by atoms with Gasteiger partial charge in [-0.3, -0.25) is 9.34 Å². The predicted molar refractivity (Wildman–Crippen MR) is 137 cm³/mol. The summed E-state index contributed by atoms with van der Waals surface area (Å²) >= 11 is 6.45. The molecule has 0 bridgehead atoms. The molecule has 0 saturated heterocycles. The highest BCUT2D eigenvalue weighted by atomic mass is 32.7. The van der Waals surface area contributed by atoms with E-state index in [0.717, 1.165) is 0 Å². The molecule has 0 atom stereocenters. The van der Waals surface area contributed by atoms with Crippen LogP contribution in [0.2, 0.25) is 16.6 Å². The molecular weight excluding hydrogens is 411 g/mol. The summed E-state index contributed by atoms with van der Waals surface area (Å²) in [6.45, 7) is 31.7. The topological polar surface area (TPSA) is 32.9 Å². The quantitative estimate of drug-likeness (QED) is 0.0858. The zero-order valence-corrected chi connectivity index (χ0v) is 24.4. The third-order valence-corrected chi connectivity index (χ3v) is 16.7. The van der Waals surface area contributed by atoms with Gasteiger partial charge in [-0.25, -0.2) is 0 Å². The van der Waals surface area contributed by atoms with Crippen LogP contribution in [0.5, 0.6) is 0 Å². The zero-order chi connectivity index (χ0) is 23.3. The minimum absolute atomic E-state index is 0.325. The van der Waals surface area contributed by atoms with Crippen molar-refractivity contribution in [3.8, 4) is 0 Å². The van der Waals surface area contributed by atoms with Crippen LogP contribution in [0.4, 0.5) is 0 Å². The van der Waals surface area contributed by atoms with Crippen molar-refractivity contribution in [1.29, 1.82) is 0 Å². The van der Waals surface area contributed by atoms with Crippen LogP contribution in [0.1, 0.15) is 96.9 Å². The summed E-state index contributed by atoms with van der Waals surface area (Å²) in [7, 11) is -1.98. The van der Waals surface area contributed by atoms with Gasteiger partial charge in [-0.1, -0.05) is 41.5 Å². The Morgan fingerprint density at radius 2 is 0.931 bits per heavy atom. The number of nitrogens with zero attached hydrogens (tertiary/aromatic N) is 4. The summed E-state index contributed by atoms with van der Waals surface area (Å²) in [6.07, 6.45) is -2.33. The summed E-state index contributed by atoms with van der Waals surface area (Å²) in [6, 6.07) is 1.30. The average Bonchev–Trinajstić information content (AvgIpc) is 2.48. The molecule has 0 aromatic rings. The number of rotatable bonds is 10. The SMILES string of the molecule is CC(C)N(C(C)C)P([S-])(=C=[N+]=N[Si](C(C)C)(C(C)C)C(C)C)N(C(C)C)C(C)C. The van der Waals surface area contributed by atoms with E-state index in [9.17, 15) is 0 Å². The fourth-order valence-corrected chi connectivity index (χ4v) is 15.7. The van der Waals surface area contributed by atoms with Crippen LogP contribution in [0.3, 0.4) is 0 Å². The van der Waals surface area contributed by atoms with E-state index < -0.39 is 14.6 Å². The van der Waals surface area contributed by atoms with Crippen molar-refractivity contribution < 1.29 is 4.79 Å². The maximum absolute atomic E-state index is 6.45. The second kappa shape index (κ2) is 11.7. The van der Waals surface area contributed by atoms with Crippen molar-refractivity contribution in [2.24, 2.45) is 4.78 Å². The van der Waals surface area contributed by atoms with Gasteiger partial charge in [-0.05, 0) is 72.0 Å². The molecule has 0 rings (SSSR count). The Morgan fingerprint density at radius 1 is 0.655 bits per heavy atom. The first kappa shape index (κ1) is 29.2. The molecule has 4 nitrogen and oxygen atoms in total. The van der Waals surface area contributed by atoms with Gasteiger partial charge >= 0.3 is 5.59 Å². The Bertz CT molecular complexity index is 569. The van der Waals surface area contributed by atoms with E-state index >= 15 is 0 Å². The molecule has 0 N–H and O–H groups in total. The minimum atomic E-state index is -2.33. The lowest BCUT2D eigenvalue weighted by Crippen LogP contribution is -2.44. The van der Waals surface area contributed by atoms with Crippen LogP contribution in [0, 0.1) is 0 Å². The molecule has 0 amide bonds. The van der Waals surface area contributed by atoms with Crippen LogP contribution < -0.4 is 0 Å². The van der Waals surface area contributed by atoms with Crippen molar-refractivity contribution in [3.05, 3.63) is 0 Å². The summed E-state index contributed by atoms with van der Waals surface area (Å²) < 4.78 is 10.00. The lowest BCUT2D eigenvalue weighted by Gasteiger charge is -2.53. The molecule has 0 spiro atoms. The molecule has 0 heterocycles. The van der Waals surface area contributed by atoms with Crippen LogP contribution in [-0.2, 0) is 12.2 Å². The average molecular weight is 461 g/mol. The van der Waals surface area contributed by atoms with Crippen molar-refractivity contribution in [2.75, 3.05) is 0 Å². The highest BCUT2D eigenvalue weighted by molar-refractivity contribution is 8.38. The third-order valence-electron chi connectivity index (χ3n) is 5.92. The van der Waals surface area contributed by atoms with Gasteiger partial charge in [0.2, 0.25) is 0 Å². The van der Waals surface area contributed by atoms with Gasteiger partial charge in [0, 0.05) is 35.3 Å². The van der Waals surface area contributed by atoms with E-state index in [1.54, 1.807) is 0 Å². The van der Waals surface area contributed by atoms with Crippen molar-refractivity contribution in [1.82, 2.24) is 9.34 Å². The van der Waals surface area contributed by atoms with E-state index in [2.05, 4.69) is 112 Å². The molecule has 172 valence electrons. The molecule has 7 heteroatoms. The van der Waals surface area contributed by atoms with E-state index in [0.29, 0.717) is 40.8 Å². The monoisotopic (exact) mass is 460 g/mol. The third kappa shape index (κ3) is 6.59. The largest absolute Gasteiger partial charge is 0.713 e. The molecule has 0 aliphatic heterocycles. The van der Waals surface area contributed by atoms with E-state index in [-0.39, 0.29) is 0 Å². The Labute approximate surface area is 189 Å². The summed E-state index contributed by atoms with van der Waals surface area (Å²) in [5.41, 5.74) is 5.11. The summed E-state index contributed by atoms with van der Waals surface area (Å²) in [5, 5.41) is 0. The van der Waals surface area contributed by atoms with Crippen LogP contribution in [0.15, 0.2) is 4.78 Å². The van der Waals surface area contributed by atoms with Crippen molar-refractivity contribution in [2.45, 2.75) is 138 Å². The lowest BCUT2D eigenvalue weighted by molar-refractivity contribution is -0.0617. The molecule has 0 saturated carbocycles. The Balaban J connectivity index is 7.22. The van der Waals surface area contributed by atoms with Gasteiger partial charge in [0.15, 0.2) is 0 Å². The highest BCUT2D eigenvalue weighted by Crippen LogP contribution is 2.55. The Kier molecular flexibility index (Phi) is 11.8. The minimum Gasteiger partial charge on any atom is -0.713 e. The van der Waals surface area contributed by atoms with Gasteiger partial charge in [-0.2, -0.15) is 0 Å². The maximum Gasteiger partial charge on any atom is 0.342 e. The number of hydrogen-bond acceptors (Lipinski definition) is 4. The fourth-order valence-electron chi connectivity index (χ4n) is 5.18. The normalized spacial score (nSPS) is 13.8. The molecule has 0 fully saturated rings. The molecule has 0 aliphatic carbocycles. The fraction of sp³-hybridized carbons (Fsp3) is 0.955. The van der Waals surface area contributed by atoms with Crippen LogP contribution in [-0.4, -0.2) is 52.1 Å². The van der Waals surface area contributed by atoms with Gasteiger partial charge < -0.3 is 12.2 Å². The Morgan fingerprint density at radius 3 is 1.14 bits per heavy atom. The second-order valence-electron chi connectivity index (χ2n) is 10.3. The molecule has 0 aromatic carbocycles. The first-order valence-electron chi connectivity index (χ1n) is 11.4. The first-order valence-corrected chi connectivity index (χ1v) is 16.3. The van der Waals surface area contributed by atoms with Crippen LogP contribution >= 0.6 is 6.39 Å². The second-order valence-corrected chi connectivity index (χ2v) is 19.5. The van der Waals surface area contributed by atoms with E-state index in [1.165, 1.54) is 0 Å². The van der Waals surface area contributed by atoms with Gasteiger partial charge in [-0.15, -0.1) is 0 Å². The predicted octanol–water partition coefficient (Wildman–Crippen LogP) is 7.27. The maximum atomic E-state index is 6.45. The smallest absolute Gasteiger partial charge is 0.342 e. The molecule has 29 heavy (non-hydrogen) atoms. The van der Waals surface area contributed by atoms with Gasteiger partial charge in [0.1, 0.15) is 4.79 Å². The van der Waals surface area contributed by atoms with Crippen molar-refractivity contribution >= 4 is 32.5 Å². The highest BCUT2D eigenvalue weighted by Gasteiger charge is 2.49. The molecule has 0 aliphatic rings. The summed E-state index contributed by atoms with van der Waals surface area (Å²) in [5.74, 6) is 0. The van der Waals surface area contributed by atoms with Gasteiger partial charge in [0.25, 0.3) is 8.24 Å². The molecule has 0 aromatic heterocycles. The standard InChI is InChI=1S/C22H49N4PSSi/c1-16(2)25(17(3)4)27(28,26(18(5)6)19(7)8)15-23-24-29(20(9)10,21(11)12)22(13)14/h16-22H,1-14H3. The summed E-state index contributed by atoms with van der Waals surface area (Å²) in [4.78, 5) is 4.75. The Hall–Kier alpha value is 0.207. The zero-order valence-electron chi connectivity index (χ0n) is 21.7. The van der Waals surface area contributed by atoms with Gasteiger partial charge in [0.05, 0.1) is 0 Å². The van der Waals surface area contributed by atoms with Crippen LogP contribution in [0.25, 0.3) is 0 Å². The molecule has 0 radical (unpaired) electrons. The molecule has 0 unspecified atom stereocenters. The number of hydrogen-bond donors (Lipinski definition) is 0. The van der Waals surface area contributed by atoms with E-state index in [1.807, 2.05) is 0 Å². The van der Waals surface area contributed by atoms with Crippen molar-refractivity contribution in [3.63, 3.8) is 0 Å². The van der Waals surface area contributed by atoms with E-state index in [4.69, 9.17) is 21.8 Å². The lowest BCUT2D eigenvalue weighted by atomic mass is 10.3. The molecular formula is C22H49N4PSSi. The first-order chi connectivity index (χ1) is 13.1.